The quantitative estimate of drug-likeness (QED) is 0.304. The van der Waals surface area contributed by atoms with Crippen molar-refractivity contribution in [1.82, 2.24) is 20.5 Å². The van der Waals surface area contributed by atoms with Gasteiger partial charge in [0, 0.05) is 12.1 Å². The normalized spacial score (nSPS) is 20.0. The Balaban J connectivity index is 1.35. The number of aromatic nitrogens is 1. The van der Waals surface area contributed by atoms with Crippen LogP contribution in [0.2, 0.25) is 0 Å². The topological polar surface area (TPSA) is 133 Å². The van der Waals surface area contributed by atoms with Gasteiger partial charge in [-0.25, -0.2) is 4.98 Å². The van der Waals surface area contributed by atoms with E-state index in [1.165, 1.54) is 11.3 Å². The number of carbonyl (C=O) groups is 4. The Hall–Kier alpha value is -3.83. The standard InChI is InChI=1S/C33H42N6O4S/c1-21(34-2)28(40)35-27(23-15-8-4-9-16-23)32(43)39-20-12-19-25(39)30(42)37-31-26(22-13-6-3-7-14-22)36-33(44-31)38-29(41)24-17-10-5-11-18-24/h5-6,10-11,13-14,17-18,21,23,25,27,34H,3-4,7-9,12,15-16,19-20H2,1-2H3,(H,35,40)(H,37,42)(H,36,38,41)/t21-,25?,27?/m0/s1. The molecular formula is C33H42N6O4S. The predicted octanol–water partition coefficient (Wildman–Crippen LogP) is 4.73. The molecule has 3 aliphatic rings. The third-order valence-electron chi connectivity index (χ3n) is 8.74. The molecule has 3 atom stereocenters. The van der Waals surface area contributed by atoms with Gasteiger partial charge < -0.3 is 20.9 Å². The Kier molecular flexibility index (Phi) is 10.6. The number of benzene rings is 1. The SMILES string of the molecule is CN[C@@H](C)C(=O)NC(C(=O)N1CCCC1C(=O)Nc1sc(NC(=O)c2ccccc2)nc1C1=CCCC=C1)C1CCCCC1. The highest BCUT2D eigenvalue weighted by atomic mass is 32.1. The molecule has 5 rings (SSSR count). The zero-order chi connectivity index (χ0) is 31.1. The van der Waals surface area contributed by atoms with Crippen LogP contribution in [-0.4, -0.2) is 65.2 Å². The second-order valence-corrected chi connectivity index (χ2v) is 12.7. The van der Waals surface area contributed by atoms with E-state index in [1.807, 2.05) is 12.1 Å². The summed E-state index contributed by atoms with van der Waals surface area (Å²) in [6, 6.07) is 7.14. The van der Waals surface area contributed by atoms with Crippen LogP contribution in [0.3, 0.4) is 0 Å². The fourth-order valence-electron chi connectivity index (χ4n) is 6.14. The molecule has 2 fully saturated rings. The van der Waals surface area contributed by atoms with Gasteiger partial charge in [0.05, 0.1) is 6.04 Å². The summed E-state index contributed by atoms with van der Waals surface area (Å²) >= 11 is 1.20. The average molecular weight is 619 g/mol. The van der Waals surface area contributed by atoms with Gasteiger partial charge in [0.1, 0.15) is 22.8 Å². The summed E-state index contributed by atoms with van der Waals surface area (Å²) in [6.45, 7) is 2.23. The number of hydrogen-bond acceptors (Lipinski definition) is 7. The van der Waals surface area contributed by atoms with Crippen molar-refractivity contribution in [3.8, 4) is 0 Å². The Morgan fingerprint density at radius 3 is 2.45 bits per heavy atom. The van der Waals surface area contributed by atoms with Crippen molar-refractivity contribution in [3.63, 3.8) is 0 Å². The molecule has 0 bridgehead atoms. The molecule has 4 amide bonds. The molecule has 10 nitrogen and oxygen atoms in total. The number of amides is 4. The summed E-state index contributed by atoms with van der Waals surface area (Å²) in [5.41, 5.74) is 1.98. The van der Waals surface area contributed by atoms with Gasteiger partial charge in [-0.1, -0.05) is 67.0 Å². The van der Waals surface area contributed by atoms with Gasteiger partial charge in [-0.2, -0.15) is 0 Å². The lowest BCUT2D eigenvalue weighted by Gasteiger charge is -2.35. The highest BCUT2D eigenvalue weighted by molar-refractivity contribution is 7.20. The molecule has 0 spiro atoms. The van der Waals surface area contributed by atoms with E-state index in [-0.39, 0.29) is 29.5 Å². The first-order valence-corrected chi connectivity index (χ1v) is 16.5. The van der Waals surface area contributed by atoms with Gasteiger partial charge in [0.15, 0.2) is 5.13 Å². The van der Waals surface area contributed by atoms with Crippen LogP contribution in [0.4, 0.5) is 10.1 Å². The lowest BCUT2D eigenvalue weighted by molar-refractivity contribution is -0.142. The summed E-state index contributed by atoms with van der Waals surface area (Å²) in [5.74, 6) is -0.941. The van der Waals surface area contributed by atoms with Crippen molar-refractivity contribution >= 4 is 50.7 Å². The van der Waals surface area contributed by atoms with Crippen LogP contribution < -0.4 is 21.3 Å². The summed E-state index contributed by atoms with van der Waals surface area (Å²) in [7, 11) is 1.72. The van der Waals surface area contributed by atoms with E-state index in [2.05, 4.69) is 33.4 Å². The minimum Gasteiger partial charge on any atom is -0.343 e. The fourth-order valence-corrected chi connectivity index (χ4v) is 7.02. The van der Waals surface area contributed by atoms with Crippen LogP contribution in [-0.2, 0) is 14.4 Å². The number of hydrogen-bond donors (Lipinski definition) is 4. The number of rotatable bonds is 10. The average Bonchev–Trinajstić information content (AvgIpc) is 3.71. The maximum Gasteiger partial charge on any atom is 0.257 e. The summed E-state index contributed by atoms with van der Waals surface area (Å²) in [4.78, 5) is 60.0. The third-order valence-corrected chi connectivity index (χ3v) is 9.62. The molecule has 2 aromatic rings. The number of nitrogens with zero attached hydrogens (tertiary/aromatic N) is 2. The van der Waals surface area contributed by atoms with Crippen LogP contribution in [0.15, 0.2) is 48.6 Å². The van der Waals surface area contributed by atoms with Crippen molar-refractivity contribution < 1.29 is 19.2 Å². The lowest BCUT2D eigenvalue weighted by Crippen LogP contribution is -2.57. The molecule has 44 heavy (non-hydrogen) atoms. The molecule has 2 heterocycles. The minimum atomic E-state index is -0.666. The van der Waals surface area contributed by atoms with Crippen molar-refractivity contribution in [2.45, 2.75) is 82.8 Å². The molecule has 1 aromatic heterocycles. The van der Waals surface area contributed by atoms with Crippen LogP contribution >= 0.6 is 11.3 Å². The minimum absolute atomic E-state index is 0.0440. The smallest absolute Gasteiger partial charge is 0.257 e. The van der Waals surface area contributed by atoms with E-state index < -0.39 is 18.1 Å². The van der Waals surface area contributed by atoms with E-state index >= 15 is 0 Å². The monoisotopic (exact) mass is 618 g/mol. The molecular weight excluding hydrogens is 576 g/mol. The first kappa shape index (κ1) is 31.6. The van der Waals surface area contributed by atoms with Gasteiger partial charge in [-0.3, -0.25) is 24.5 Å². The molecule has 0 radical (unpaired) electrons. The summed E-state index contributed by atoms with van der Waals surface area (Å²) in [5, 5.41) is 12.8. The van der Waals surface area contributed by atoms with E-state index in [1.54, 1.807) is 43.1 Å². The number of carbonyl (C=O) groups excluding carboxylic acids is 4. The first-order chi connectivity index (χ1) is 21.4. The number of allylic oxidation sites excluding steroid dienone is 4. The zero-order valence-electron chi connectivity index (χ0n) is 25.4. The molecule has 2 unspecified atom stereocenters. The number of nitrogens with one attached hydrogen (secondary N) is 4. The highest BCUT2D eigenvalue weighted by Gasteiger charge is 2.41. The summed E-state index contributed by atoms with van der Waals surface area (Å²) < 4.78 is 0. The van der Waals surface area contributed by atoms with Crippen molar-refractivity contribution in [3.05, 3.63) is 59.8 Å². The zero-order valence-corrected chi connectivity index (χ0v) is 26.3. The van der Waals surface area contributed by atoms with Crippen LogP contribution in [0.25, 0.3) is 5.57 Å². The van der Waals surface area contributed by atoms with E-state index in [0.29, 0.717) is 40.8 Å². The van der Waals surface area contributed by atoms with Crippen LogP contribution in [0.5, 0.6) is 0 Å². The van der Waals surface area contributed by atoms with E-state index in [4.69, 9.17) is 4.98 Å². The van der Waals surface area contributed by atoms with Crippen molar-refractivity contribution in [1.29, 1.82) is 0 Å². The highest BCUT2D eigenvalue weighted by Crippen LogP contribution is 2.36. The molecule has 2 aliphatic carbocycles. The van der Waals surface area contributed by atoms with Crippen molar-refractivity contribution in [2.75, 3.05) is 24.2 Å². The lowest BCUT2D eigenvalue weighted by atomic mass is 9.83. The second kappa shape index (κ2) is 14.8. The Morgan fingerprint density at radius 1 is 0.977 bits per heavy atom. The molecule has 234 valence electrons. The molecule has 11 heteroatoms. The van der Waals surface area contributed by atoms with Gasteiger partial charge in [0.2, 0.25) is 17.7 Å². The summed E-state index contributed by atoms with van der Waals surface area (Å²) in [6.07, 6.45) is 14.1. The van der Waals surface area contributed by atoms with E-state index in [0.717, 1.165) is 50.5 Å². The Labute approximate surface area is 262 Å². The number of likely N-dealkylation sites (N-methyl/N-ethyl adjacent to an activating group) is 1. The molecule has 4 N–H and O–H groups in total. The predicted molar refractivity (Wildman–Crippen MR) is 173 cm³/mol. The maximum atomic E-state index is 14.1. The van der Waals surface area contributed by atoms with Gasteiger partial charge in [-0.05, 0) is 76.1 Å². The number of likely N-dealkylation sites (tertiary alicyclic amines) is 1. The Bertz CT molecular complexity index is 1410. The van der Waals surface area contributed by atoms with Gasteiger partial charge in [-0.15, -0.1) is 0 Å². The second-order valence-electron chi connectivity index (χ2n) is 11.7. The Morgan fingerprint density at radius 2 is 1.75 bits per heavy atom. The van der Waals surface area contributed by atoms with Crippen molar-refractivity contribution in [2.24, 2.45) is 5.92 Å². The first-order valence-electron chi connectivity index (χ1n) is 15.7. The van der Waals surface area contributed by atoms with Crippen LogP contribution in [0, 0.1) is 5.92 Å². The maximum absolute atomic E-state index is 14.1. The number of anilines is 2. The van der Waals surface area contributed by atoms with E-state index in [9.17, 15) is 19.2 Å². The van der Waals surface area contributed by atoms with Crippen LogP contribution in [0.1, 0.15) is 80.8 Å². The van der Waals surface area contributed by atoms with Gasteiger partial charge >= 0.3 is 0 Å². The number of thiazole rings is 1. The molecule has 1 saturated heterocycles. The fraction of sp³-hybridized carbons (Fsp3) is 0.485. The van der Waals surface area contributed by atoms with Gasteiger partial charge in [0.25, 0.3) is 5.91 Å². The molecule has 1 aliphatic heterocycles. The molecule has 1 aromatic carbocycles. The third kappa shape index (κ3) is 7.44. The largest absolute Gasteiger partial charge is 0.343 e. The molecule has 1 saturated carbocycles.